The van der Waals surface area contributed by atoms with Crippen molar-refractivity contribution in [3.8, 4) is 0 Å². The molecular weight excluding hydrogens is 228 g/mol. The summed E-state index contributed by atoms with van der Waals surface area (Å²) < 4.78 is 33.8. The van der Waals surface area contributed by atoms with Crippen LogP contribution in [0.15, 0.2) is 35.2 Å². The largest absolute Gasteiger partial charge is 0.351 e. The number of benzene rings is 1. The average molecular weight is 242 g/mol. The van der Waals surface area contributed by atoms with E-state index < -0.39 is 16.4 Å². The molecule has 0 spiro atoms. The predicted molar refractivity (Wildman–Crippen MR) is 58.3 cm³/mol. The van der Waals surface area contributed by atoms with Gasteiger partial charge < -0.3 is 4.74 Å². The topological polar surface area (TPSA) is 52.6 Å². The maximum atomic E-state index is 11.8. The molecule has 2 rings (SSSR count). The molecule has 1 aliphatic rings. The molecule has 1 atom stereocenters. The first-order valence-corrected chi connectivity index (χ1v) is 6.69. The summed E-state index contributed by atoms with van der Waals surface area (Å²) in [6, 6.07) is 8.11. The van der Waals surface area contributed by atoms with Crippen molar-refractivity contribution in [1.82, 2.24) is 0 Å². The Balaban J connectivity index is 2.08. The molecule has 1 aliphatic heterocycles. The van der Waals surface area contributed by atoms with Crippen molar-refractivity contribution in [2.45, 2.75) is 30.4 Å². The van der Waals surface area contributed by atoms with Crippen molar-refractivity contribution < 1.29 is 17.3 Å². The van der Waals surface area contributed by atoms with Crippen molar-refractivity contribution >= 4 is 10.1 Å². The van der Waals surface area contributed by atoms with Gasteiger partial charge in [0.15, 0.2) is 6.29 Å². The van der Waals surface area contributed by atoms with Gasteiger partial charge in [0.1, 0.15) is 0 Å². The highest BCUT2D eigenvalue weighted by atomic mass is 32.2. The van der Waals surface area contributed by atoms with Gasteiger partial charge in [-0.2, -0.15) is 8.42 Å². The van der Waals surface area contributed by atoms with E-state index in [0.29, 0.717) is 13.0 Å². The Hall–Kier alpha value is -0.910. The molecular formula is C11H14O4S. The highest BCUT2D eigenvalue weighted by molar-refractivity contribution is 7.86. The summed E-state index contributed by atoms with van der Waals surface area (Å²) in [5.41, 5.74) is 0. The van der Waals surface area contributed by atoms with Crippen LogP contribution in [-0.4, -0.2) is 21.3 Å². The fourth-order valence-electron chi connectivity index (χ4n) is 1.57. The molecule has 1 heterocycles. The van der Waals surface area contributed by atoms with Crippen LogP contribution < -0.4 is 0 Å². The highest BCUT2D eigenvalue weighted by Gasteiger charge is 2.23. The van der Waals surface area contributed by atoms with Crippen LogP contribution in [0.5, 0.6) is 0 Å². The standard InChI is InChI=1S/C11H14O4S/c12-16(13,10-6-2-1-3-7-10)15-11-8-4-5-9-14-11/h1-3,6-7,11H,4-5,8-9H2. The second-order valence-corrected chi connectivity index (χ2v) is 5.23. The minimum Gasteiger partial charge on any atom is -0.351 e. The summed E-state index contributed by atoms with van der Waals surface area (Å²) in [6.45, 7) is 0.564. The van der Waals surface area contributed by atoms with Gasteiger partial charge >= 0.3 is 0 Å². The first-order chi connectivity index (χ1) is 7.68. The Bertz CT molecular complexity index is 421. The predicted octanol–water partition coefficient (Wildman–Crippen LogP) is 1.92. The molecule has 5 heteroatoms. The second-order valence-electron chi connectivity index (χ2n) is 3.66. The van der Waals surface area contributed by atoms with Gasteiger partial charge in [-0.25, -0.2) is 4.18 Å². The first kappa shape index (κ1) is 11.6. The van der Waals surface area contributed by atoms with E-state index in [-0.39, 0.29) is 4.90 Å². The van der Waals surface area contributed by atoms with Crippen LogP contribution in [0, 0.1) is 0 Å². The fraction of sp³-hybridized carbons (Fsp3) is 0.455. The van der Waals surface area contributed by atoms with E-state index in [1.807, 2.05) is 0 Å². The smallest absolute Gasteiger partial charge is 0.299 e. The SMILES string of the molecule is O=S(=O)(OC1CCCCO1)c1ccccc1. The van der Waals surface area contributed by atoms with Crippen LogP contribution in [0.4, 0.5) is 0 Å². The van der Waals surface area contributed by atoms with Crippen molar-refractivity contribution in [3.63, 3.8) is 0 Å². The molecule has 1 aromatic rings. The highest BCUT2D eigenvalue weighted by Crippen LogP contribution is 2.20. The molecule has 1 fully saturated rings. The lowest BCUT2D eigenvalue weighted by atomic mass is 10.2. The zero-order chi connectivity index (χ0) is 11.4. The molecule has 1 saturated heterocycles. The maximum absolute atomic E-state index is 11.8. The molecule has 0 aliphatic carbocycles. The van der Waals surface area contributed by atoms with Crippen molar-refractivity contribution in [1.29, 1.82) is 0 Å². The molecule has 1 aromatic carbocycles. The van der Waals surface area contributed by atoms with Gasteiger partial charge in [0, 0.05) is 6.61 Å². The summed E-state index contributed by atoms with van der Waals surface area (Å²) in [4.78, 5) is 0.171. The molecule has 88 valence electrons. The summed E-state index contributed by atoms with van der Waals surface area (Å²) in [5.74, 6) is 0. The lowest BCUT2D eigenvalue weighted by Crippen LogP contribution is -2.25. The van der Waals surface area contributed by atoms with Gasteiger partial charge in [0.25, 0.3) is 10.1 Å². The van der Waals surface area contributed by atoms with Gasteiger partial charge in [-0.05, 0) is 31.4 Å². The monoisotopic (exact) mass is 242 g/mol. The lowest BCUT2D eigenvalue weighted by molar-refractivity contribution is -0.102. The van der Waals surface area contributed by atoms with E-state index in [2.05, 4.69) is 0 Å². The van der Waals surface area contributed by atoms with Crippen molar-refractivity contribution in [3.05, 3.63) is 30.3 Å². The van der Waals surface area contributed by atoms with Crippen LogP contribution >= 0.6 is 0 Å². The Morgan fingerprint density at radius 3 is 2.56 bits per heavy atom. The van der Waals surface area contributed by atoms with Gasteiger partial charge in [0.05, 0.1) is 4.90 Å². The zero-order valence-electron chi connectivity index (χ0n) is 8.83. The number of hydrogen-bond donors (Lipinski definition) is 0. The molecule has 0 N–H and O–H groups in total. The third kappa shape index (κ3) is 2.81. The molecule has 0 aromatic heterocycles. The zero-order valence-corrected chi connectivity index (χ0v) is 9.65. The van der Waals surface area contributed by atoms with Crippen LogP contribution in [0.3, 0.4) is 0 Å². The second kappa shape index (κ2) is 4.95. The Labute approximate surface area is 95.3 Å². The lowest BCUT2D eigenvalue weighted by Gasteiger charge is -2.21. The first-order valence-electron chi connectivity index (χ1n) is 5.28. The Morgan fingerprint density at radius 2 is 1.94 bits per heavy atom. The molecule has 1 unspecified atom stereocenters. The van der Waals surface area contributed by atoms with E-state index in [9.17, 15) is 8.42 Å². The average Bonchev–Trinajstić information content (AvgIpc) is 2.31. The summed E-state index contributed by atoms with van der Waals surface area (Å²) in [5, 5.41) is 0. The molecule has 16 heavy (non-hydrogen) atoms. The van der Waals surface area contributed by atoms with Crippen LogP contribution in [0.25, 0.3) is 0 Å². The van der Waals surface area contributed by atoms with E-state index in [4.69, 9.17) is 8.92 Å². The normalized spacial score (nSPS) is 21.9. The number of hydrogen-bond acceptors (Lipinski definition) is 4. The maximum Gasteiger partial charge on any atom is 0.299 e. The summed E-state index contributed by atoms with van der Waals surface area (Å²) >= 11 is 0. The van der Waals surface area contributed by atoms with Crippen molar-refractivity contribution in [2.24, 2.45) is 0 Å². The van der Waals surface area contributed by atoms with Crippen LogP contribution in [-0.2, 0) is 19.0 Å². The summed E-state index contributed by atoms with van der Waals surface area (Å²) in [7, 11) is -3.68. The third-order valence-electron chi connectivity index (χ3n) is 2.40. The number of ether oxygens (including phenoxy) is 1. The fourth-order valence-corrected chi connectivity index (χ4v) is 2.61. The Morgan fingerprint density at radius 1 is 1.19 bits per heavy atom. The van der Waals surface area contributed by atoms with Gasteiger partial charge in [0.2, 0.25) is 0 Å². The molecule has 0 saturated carbocycles. The van der Waals surface area contributed by atoms with E-state index in [0.717, 1.165) is 12.8 Å². The van der Waals surface area contributed by atoms with Crippen molar-refractivity contribution in [2.75, 3.05) is 6.61 Å². The van der Waals surface area contributed by atoms with Crippen LogP contribution in [0.2, 0.25) is 0 Å². The van der Waals surface area contributed by atoms with Crippen LogP contribution in [0.1, 0.15) is 19.3 Å². The van der Waals surface area contributed by atoms with Gasteiger partial charge in [-0.1, -0.05) is 18.2 Å². The van der Waals surface area contributed by atoms with E-state index in [1.165, 1.54) is 12.1 Å². The molecule has 4 nitrogen and oxygen atoms in total. The third-order valence-corrected chi connectivity index (χ3v) is 3.72. The molecule has 0 radical (unpaired) electrons. The molecule has 0 bridgehead atoms. The van der Waals surface area contributed by atoms with E-state index >= 15 is 0 Å². The minimum absolute atomic E-state index is 0.171. The quantitative estimate of drug-likeness (QED) is 0.760. The minimum atomic E-state index is -3.68. The van der Waals surface area contributed by atoms with E-state index in [1.54, 1.807) is 18.2 Å². The number of rotatable bonds is 3. The molecule has 0 amide bonds. The summed E-state index contributed by atoms with van der Waals surface area (Å²) in [6.07, 6.45) is 1.91. The van der Waals surface area contributed by atoms with Gasteiger partial charge in [-0.3, -0.25) is 0 Å². The van der Waals surface area contributed by atoms with Gasteiger partial charge in [-0.15, -0.1) is 0 Å². The Kier molecular flexibility index (Phi) is 3.58.